The predicted octanol–water partition coefficient (Wildman–Crippen LogP) is 7.95. The molecule has 5 nitrogen and oxygen atoms in total. The van der Waals surface area contributed by atoms with E-state index in [1.54, 1.807) is 25.6 Å². The Bertz CT molecular complexity index is 990. The van der Waals surface area contributed by atoms with Crippen LogP contribution >= 0.6 is 0 Å². The molecule has 4 rings (SSSR count). The van der Waals surface area contributed by atoms with Gasteiger partial charge in [0, 0.05) is 18.6 Å². The number of aliphatic imine (C=N–C) groups is 1. The predicted molar refractivity (Wildman–Crippen MR) is 165 cm³/mol. The van der Waals surface area contributed by atoms with Crippen molar-refractivity contribution in [3.63, 3.8) is 0 Å². The van der Waals surface area contributed by atoms with Crippen LogP contribution in [0.1, 0.15) is 91.0 Å². The van der Waals surface area contributed by atoms with Crippen molar-refractivity contribution in [1.82, 2.24) is 10.3 Å². The van der Waals surface area contributed by atoms with E-state index in [2.05, 4.69) is 48.0 Å². The molecule has 39 heavy (non-hydrogen) atoms. The van der Waals surface area contributed by atoms with Crippen molar-refractivity contribution in [1.29, 1.82) is 0 Å². The molecule has 3 saturated carbocycles. The molecule has 0 spiro atoms. The summed E-state index contributed by atoms with van der Waals surface area (Å²) in [6.07, 6.45) is 22.5. The second-order valence-electron chi connectivity index (χ2n) is 11.6. The number of nitrogens with one attached hydrogen (secondary N) is 1. The van der Waals surface area contributed by atoms with Crippen LogP contribution in [-0.4, -0.2) is 38.2 Å². The summed E-state index contributed by atoms with van der Waals surface area (Å²) in [5.74, 6) is 3.65. The fourth-order valence-electron chi connectivity index (χ4n) is 7.87. The van der Waals surface area contributed by atoms with Crippen molar-refractivity contribution in [3.05, 3.63) is 60.6 Å². The molecular weight excluding hydrogens is 482 g/mol. The maximum Gasteiger partial charge on any atom is 0.142 e. The number of nitrogens with zero attached hydrogens (tertiary/aromatic N) is 2. The number of aldehydes is 1. The van der Waals surface area contributed by atoms with E-state index in [9.17, 15) is 4.79 Å². The summed E-state index contributed by atoms with van der Waals surface area (Å²) < 4.78 is 5.47. The van der Waals surface area contributed by atoms with E-state index in [1.807, 2.05) is 46.2 Å². The Kier molecular flexibility index (Phi) is 13.3. The molecule has 1 aromatic rings. The minimum absolute atomic E-state index is 0.143. The van der Waals surface area contributed by atoms with Crippen LogP contribution in [0.4, 0.5) is 0 Å². The van der Waals surface area contributed by atoms with Crippen molar-refractivity contribution in [2.24, 2.45) is 33.6 Å². The van der Waals surface area contributed by atoms with E-state index in [0.29, 0.717) is 17.3 Å². The molecular formula is C34H53N3O2. The first-order valence-corrected chi connectivity index (χ1v) is 14.7. The van der Waals surface area contributed by atoms with Gasteiger partial charge in [-0.3, -0.25) is 14.8 Å². The summed E-state index contributed by atoms with van der Waals surface area (Å²) >= 11 is 0. The monoisotopic (exact) mass is 535 g/mol. The number of aromatic nitrogens is 1. The number of pyridine rings is 1. The van der Waals surface area contributed by atoms with Gasteiger partial charge in [0.05, 0.1) is 13.3 Å². The lowest BCUT2D eigenvalue weighted by Gasteiger charge is -2.57. The van der Waals surface area contributed by atoms with Gasteiger partial charge in [-0.05, 0) is 132 Å². The van der Waals surface area contributed by atoms with Crippen LogP contribution in [-0.2, 0) is 4.79 Å². The molecule has 6 unspecified atom stereocenters. The van der Waals surface area contributed by atoms with E-state index >= 15 is 0 Å². The van der Waals surface area contributed by atoms with E-state index in [4.69, 9.17) is 4.74 Å². The van der Waals surface area contributed by atoms with Crippen molar-refractivity contribution in [2.45, 2.75) is 85.5 Å². The van der Waals surface area contributed by atoms with E-state index in [1.165, 1.54) is 43.2 Å². The average molecular weight is 536 g/mol. The highest BCUT2D eigenvalue weighted by Gasteiger charge is 2.58. The SMILES string of the molecule is C=CC.CC=N/C=C/C.CNCCC1(C)/C(=C\C=O)CCC2C1CCC1(C)C(c3cncc(OC)c3)CCC21. The maximum atomic E-state index is 11.4. The van der Waals surface area contributed by atoms with Gasteiger partial charge in [-0.25, -0.2) is 0 Å². The summed E-state index contributed by atoms with van der Waals surface area (Å²) in [6.45, 7) is 15.1. The van der Waals surface area contributed by atoms with Gasteiger partial charge in [0.2, 0.25) is 0 Å². The summed E-state index contributed by atoms with van der Waals surface area (Å²) in [7, 11) is 3.76. The molecule has 1 heterocycles. The van der Waals surface area contributed by atoms with Gasteiger partial charge in [0.25, 0.3) is 0 Å². The third kappa shape index (κ3) is 7.57. The van der Waals surface area contributed by atoms with Crippen LogP contribution in [0.5, 0.6) is 5.75 Å². The van der Waals surface area contributed by atoms with Gasteiger partial charge < -0.3 is 10.1 Å². The van der Waals surface area contributed by atoms with Crippen LogP contribution in [0.3, 0.4) is 0 Å². The van der Waals surface area contributed by atoms with Crippen LogP contribution in [0, 0.1) is 28.6 Å². The molecule has 3 aliphatic carbocycles. The molecule has 3 fully saturated rings. The number of hydrogen-bond acceptors (Lipinski definition) is 5. The number of methoxy groups -OCH3 is 1. The molecule has 0 radical (unpaired) electrons. The minimum atomic E-state index is 0.143. The third-order valence-corrected chi connectivity index (χ3v) is 9.66. The second kappa shape index (κ2) is 15.9. The highest BCUT2D eigenvalue weighted by molar-refractivity contribution is 5.66. The van der Waals surface area contributed by atoms with Crippen molar-refractivity contribution in [3.8, 4) is 5.75 Å². The Balaban J connectivity index is 0.000000516. The highest BCUT2D eigenvalue weighted by Crippen LogP contribution is 2.67. The number of hydrogen-bond donors (Lipinski definition) is 1. The van der Waals surface area contributed by atoms with Crippen molar-refractivity contribution < 1.29 is 9.53 Å². The lowest BCUT2D eigenvalue weighted by atomic mass is 9.47. The molecule has 216 valence electrons. The zero-order chi connectivity index (χ0) is 28.9. The molecule has 3 aliphatic rings. The van der Waals surface area contributed by atoms with E-state index in [0.717, 1.165) is 43.3 Å². The molecule has 0 amide bonds. The molecule has 0 saturated heterocycles. The lowest BCUT2D eigenvalue weighted by Crippen LogP contribution is -2.50. The Morgan fingerprint density at radius 2 is 1.90 bits per heavy atom. The Labute approximate surface area is 238 Å². The minimum Gasteiger partial charge on any atom is -0.495 e. The van der Waals surface area contributed by atoms with Gasteiger partial charge in [-0.2, -0.15) is 0 Å². The summed E-state index contributed by atoms with van der Waals surface area (Å²) in [5.41, 5.74) is 3.23. The van der Waals surface area contributed by atoms with Crippen LogP contribution < -0.4 is 10.1 Å². The van der Waals surface area contributed by atoms with Gasteiger partial charge in [0.15, 0.2) is 0 Å². The van der Waals surface area contributed by atoms with Crippen molar-refractivity contribution in [2.75, 3.05) is 20.7 Å². The number of allylic oxidation sites excluding steroid dienone is 4. The van der Waals surface area contributed by atoms with Gasteiger partial charge >= 0.3 is 0 Å². The Morgan fingerprint density at radius 3 is 2.49 bits per heavy atom. The first-order chi connectivity index (χ1) is 18.8. The normalized spacial score (nSPS) is 32.4. The maximum absolute atomic E-state index is 11.4. The number of rotatable bonds is 7. The fraction of sp³-hybridized carbons (Fsp3) is 0.618. The molecule has 5 heteroatoms. The topological polar surface area (TPSA) is 63.6 Å². The van der Waals surface area contributed by atoms with E-state index < -0.39 is 0 Å². The number of ether oxygens (including phenoxy) is 1. The third-order valence-electron chi connectivity index (χ3n) is 9.66. The largest absolute Gasteiger partial charge is 0.495 e. The Hall–Kier alpha value is -2.53. The first-order valence-electron chi connectivity index (χ1n) is 14.7. The Morgan fingerprint density at radius 1 is 1.15 bits per heavy atom. The summed E-state index contributed by atoms with van der Waals surface area (Å²) in [6, 6.07) is 2.21. The number of fused-ring (bicyclic) bond motifs is 3. The van der Waals surface area contributed by atoms with Crippen LogP contribution in [0.15, 0.2) is 60.0 Å². The van der Waals surface area contributed by atoms with Gasteiger partial charge in [0.1, 0.15) is 12.0 Å². The summed E-state index contributed by atoms with van der Waals surface area (Å²) in [5, 5.41) is 3.36. The van der Waals surface area contributed by atoms with E-state index in [-0.39, 0.29) is 5.41 Å². The molecule has 1 aromatic heterocycles. The summed E-state index contributed by atoms with van der Waals surface area (Å²) in [4.78, 5) is 19.6. The molecule has 6 atom stereocenters. The quantitative estimate of drug-likeness (QED) is 0.166. The number of carbonyl (C=O) groups excluding carboxylic acids is 1. The molecule has 0 aliphatic heterocycles. The molecule has 1 N–H and O–H groups in total. The molecule has 0 bridgehead atoms. The first kappa shape index (κ1) is 32.7. The molecule has 0 aromatic carbocycles. The van der Waals surface area contributed by atoms with Crippen LogP contribution in [0.2, 0.25) is 0 Å². The van der Waals surface area contributed by atoms with Gasteiger partial charge in [-0.15, -0.1) is 6.58 Å². The van der Waals surface area contributed by atoms with Crippen molar-refractivity contribution >= 4 is 12.5 Å². The lowest BCUT2D eigenvalue weighted by molar-refractivity contribution is -0.104. The zero-order valence-electron chi connectivity index (χ0n) is 25.6. The van der Waals surface area contributed by atoms with Gasteiger partial charge in [-0.1, -0.05) is 31.6 Å². The highest BCUT2D eigenvalue weighted by atomic mass is 16.5. The number of carbonyl (C=O) groups is 1. The fourth-order valence-corrected chi connectivity index (χ4v) is 7.87. The standard InChI is InChI=1S/C26H38N2O2.C5H9N.C3H6/c1-25(12-13-27-3)19(10-14-29)5-6-21-23-8-7-22(26(23,2)11-9-24(21)25)18-15-20(30-4)17-28-16-18;1-3-5-6-4-2;1-3-2/h10,14-17,21-24,27H,5-9,11-13H2,1-4H3;3-5H,1-2H3;3H,1H2,2H3/b19-10-;5-3+,6-4?;. The smallest absolute Gasteiger partial charge is 0.142 e. The average Bonchev–Trinajstić information content (AvgIpc) is 3.30. The van der Waals surface area contributed by atoms with Crippen LogP contribution in [0.25, 0.3) is 0 Å². The second-order valence-corrected chi connectivity index (χ2v) is 11.6. The zero-order valence-corrected chi connectivity index (χ0v) is 25.6.